The second-order valence-corrected chi connectivity index (χ2v) is 11.4. The molecule has 2 aromatic rings. The molecule has 0 fully saturated rings. The number of hydrogen-bond acceptors (Lipinski definition) is 6. The number of rotatable bonds is 15. The number of Topliss-reactive ketones (excluding diaryl/α,β-unsaturated/α-hetero) is 1. The van der Waals surface area contributed by atoms with E-state index in [1.54, 1.807) is 12.1 Å². The molecule has 11 heteroatoms. The van der Waals surface area contributed by atoms with Gasteiger partial charge in [0.05, 0.1) is 16.8 Å². The molecule has 0 aromatic heterocycles. The highest BCUT2D eigenvalue weighted by Gasteiger charge is 2.31. The molecule has 0 saturated carbocycles. The van der Waals surface area contributed by atoms with Crippen molar-refractivity contribution < 1.29 is 32.4 Å². The lowest BCUT2D eigenvalue weighted by atomic mass is 9.74. The largest absolute Gasteiger partial charge is 0.475 e. The molecule has 0 bridgehead atoms. The third-order valence-electron chi connectivity index (χ3n) is 5.95. The number of benzene rings is 2. The van der Waals surface area contributed by atoms with E-state index in [4.69, 9.17) is 0 Å². The summed E-state index contributed by atoms with van der Waals surface area (Å²) < 4.78 is 40.9. The number of carbonyl (C=O) groups excluding carboxylic acids is 2. The molecular formula is C26H36BFN2O6S. The van der Waals surface area contributed by atoms with Crippen LogP contribution >= 0.6 is 0 Å². The Kier molecular flexibility index (Phi) is 11.9. The van der Waals surface area contributed by atoms with Crippen LogP contribution in [0.2, 0.25) is 0 Å². The fourth-order valence-electron chi connectivity index (χ4n) is 3.81. The molecule has 1 amide bonds. The molecule has 0 radical (unpaired) electrons. The van der Waals surface area contributed by atoms with Gasteiger partial charge in [-0.25, -0.2) is 17.5 Å². The van der Waals surface area contributed by atoms with Crippen LogP contribution in [0.4, 0.5) is 4.39 Å². The van der Waals surface area contributed by atoms with Crippen molar-refractivity contribution in [1.29, 1.82) is 0 Å². The van der Waals surface area contributed by atoms with Crippen molar-refractivity contribution in [2.45, 2.75) is 63.7 Å². The monoisotopic (exact) mass is 534 g/mol. The molecule has 8 nitrogen and oxygen atoms in total. The summed E-state index contributed by atoms with van der Waals surface area (Å²) >= 11 is 0. The minimum atomic E-state index is -4.09. The van der Waals surface area contributed by atoms with Gasteiger partial charge in [-0.05, 0) is 55.0 Å². The van der Waals surface area contributed by atoms with Crippen molar-refractivity contribution in [1.82, 2.24) is 10.0 Å². The summed E-state index contributed by atoms with van der Waals surface area (Å²) in [5.41, 5.74) is 1.48. The van der Waals surface area contributed by atoms with Crippen LogP contribution in [-0.2, 0) is 21.2 Å². The first-order valence-corrected chi connectivity index (χ1v) is 13.9. The first kappa shape index (κ1) is 30.6. The Bertz CT molecular complexity index is 1120. The predicted octanol–water partition coefficient (Wildman–Crippen LogP) is 2.88. The molecule has 2 atom stereocenters. The van der Waals surface area contributed by atoms with Crippen LogP contribution in [0, 0.1) is 17.7 Å². The molecular weight excluding hydrogens is 498 g/mol. The average molecular weight is 534 g/mol. The molecule has 0 aliphatic heterocycles. The minimum Gasteiger partial charge on any atom is -0.426 e. The lowest BCUT2D eigenvalue weighted by molar-refractivity contribution is -0.125. The van der Waals surface area contributed by atoms with Gasteiger partial charge in [-0.3, -0.25) is 9.59 Å². The molecule has 4 N–H and O–H groups in total. The average Bonchev–Trinajstić information content (AvgIpc) is 2.84. The highest BCUT2D eigenvalue weighted by atomic mass is 32.2. The van der Waals surface area contributed by atoms with E-state index in [0.29, 0.717) is 5.56 Å². The molecule has 2 aromatic carbocycles. The maximum absolute atomic E-state index is 13.2. The number of aryl methyl sites for hydroxylation is 1. The van der Waals surface area contributed by atoms with Gasteiger partial charge in [-0.1, -0.05) is 51.5 Å². The Morgan fingerprint density at radius 3 is 2.19 bits per heavy atom. The van der Waals surface area contributed by atoms with Gasteiger partial charge in [-0.2, -0.15) is 0 Å². The van der Waals surface area contributed by atoms with E-state index in [-0.39, 0.29) is 29.4 Å². The molecule has 202 valence electrons. The number of amides is 1. The SMILES string of the molecule is CCCCc1ccc(C(=O)C[C@@H](CNS(=O)(=O)c2ccc(F)cc2)C(=O)N[C@@H](CC(C)C)B(O)O)cc1. The van der Waals surface area contributed by atoms with Crippen LogP contribution in [0.3, 0.4) is 0 Å². The van der Waals surface area contributed by atoms with Gasteiger partial charge < -0.3 is 15.4 Å². The quantitative estimate of drug-likeness (QED) is 0.205. The Morgan fingerprint density at radius 2 is 1.65 bits per heavy atom. The van der Waals surface area contributed by atoms with Gasteiger partial charge in [0.25, 0.3) is 0 Å². The summed E-state index contributed by atoms with van der Waals surface area (Å²) in [7, 11) is -5.92. The second kappa shape index (κ2) is 14.4. The van der Waals surface area contributed by atoms with Gasteiger partial charge in [-0.15, -0.1) is 0 Å². The Balaban J connectivity index is 2.21. The standard InChI is InChI=1S/C26H36BFN2O6S/c1-4-5-6-19-7-9-20(10-8-19)24(31)16-21(26(32)30-25(27(33)34)15-18(2)3)17-29-37(35,36)23-13-11-22(28)12-14-23/h7-14,18,21,25,29,33-34H,4-6,15-17H2,1-3H3,(H,30,32)/t21-,25-/m0/s1. The molecule has 0 spiro atoms. The number of carbonyl (C=O) groups is 2. The number of hydrogen-bond donors (Lipinski definition) is 4. The van der Waals surface area contributed by atoms with E-state index >= 15 is 0 Å². The first-order valence-electron chi connectivity index (χ1n) is 12.5. The van der Waals surface area contributed by atoms with E-state index in [2.05, 4.69) is 17.0 Å². The lowest BCUT2D eigenvalue weighted by Crippen LogP contribution is -2.50. The fraction of sp³-hybridized carbons (Fsp3) is 0.462. The van der Waals surface area contributed by atoms with E-state index in [1.807, 2.05) is 26.0 Å². The molecule has 2 rings (SSSR count). The van der Waals surface area contributed by atoms with Crippen LogP contribution < -0.4 is 10.0 Å². The third-order valence-corrected chi connectivity index (χ3v) is 7.39. The van der Waals surface area contributed by atoms with Gasteiger partial charge in [0.2, 0.25) is 15.9 Å². The lowest BCUT2D eigenvalue weighted by Gasteiger charge is -2.23. The minimum absolute atomic E-state index is 0.0374. The van der Waals surface area contributed by atoms with Crippen molar-refractivity contribution in [3.05, 3.63) is 65.5 Å². The summed E-state index contributed by atoms with van der Waals surface area (Å²) in [5.74, 6) is -3.72. The summed E-state index contributed by atoms with van der Waals surface area (Å²) in [4.78, 5) is 25.9. The van der Waals surface area contributed by atoms with E-state index < -0.39 is 47.3 Å². The number of sulfonamides is 1. The highest BCUT2D eigenvalue weighted by molar-refractivity contribution is 7.89. The van der Waals surface area contributed by atoms with Gasteiger partial charge in [0.15, 0.2) is 5.78 Å². The van der Waals surface area contributed by atoms with Gasteiger partial charge in [0.1, 0.15) is 5.82 Å². The summed E-state index contributed by atoms with van der Waals surface area (Å²) in [6.45, 7) is 5.38. The molecule has 0 heterocycles. The van der Waals surface area contributed by atoms with Crippen molar-refractivity contribution in [2.24, 2.45) is 11.8 Å². The predicted molar refractivity (Wildman–Crippen MR) is 141 cm³/mol. The van der Waals surface area contributed by atoms with E-state index in [9.17, 15) is 32.4 Å². The summed E-state index contributed by atoms with van der Waals surface area (Å²) in [6, 6.07) is 11.3. The number of halogens is 1. The maximum atomic E-state index is 13.2. The van der Waals surface area contributed by atoms with Gasteiger partial charge >= 0.3 is 7.12 Å². The smallest absolute Gasteiger partial charge is 0.426 e. The third kappa shape index (κ3) is 10.00. The van der Waals surface area contributed by atoms with Crippen LogP contribution in [0.1, 0.15) is 62.4 Å². The van der Waals surface area contributed by atoms with E-state index in [1.165, 1.54) is 0 Å². The normalized spacial score (nSPS) is 13.3. The number of ketones is 1. The molecule has 37 heavy (non-hydrogen) atoms. The van der Waals surface area contributed by atoms with Crippen LogP contribution in [0.25, 0.3) is 0 Å². The molecule has 0 aliphatic rings. The van der Waals surface area contributed by atoms with Crippen molar-refractivity contribution in [3.8, 4) is 0 Å². The van der Waals surface area contributed by atoms with Crippen LogP contribution in [0.5, 0.6) is 0 Å². The van der Waals surface area contributed by atoms with Crippen molar-refractivity contribution >= 4 is 28.8 Å². The number of nitrogens with one attached hydrogen (secondary N) is 2. The van der Waals surface area contributed by atoms with E-state index in [0.717, 1.165) is 49.1 Å². The Hall–Kier alpha value is -2.60. The zero-order chi connectivity index (χ0) is 27.6. The van der Waals surface area contributed by atoms with Crippen LogP contribution in [0.15, 0.2) is 53.4 Å². The summed E-state index contributed by atoms with van der Waals surface area (Å²) in [6.07, 6.45) is 2.93. The molecule has 0 saturated heterocycles. The Labute approximate surface area is 218 Å². The second-order valence-electron chi connectivity index (χ2n) is 9.59. The number of unbranched alkanes of at least 4 members (excludes halogenated alkanes) is 1. The van der Waals surface area contributed by atoms with Crippen LogP contribution in [-0.4, -0.2) is 49.8 Å². The molecule has 0 aliphatic carbocycles. The fourth-order valence-corrected chi connectivity index (χ4v) is 4.89. The maximum Gasteiger partial charge on any atom is 0.475 e. The highest BCUT2D eigenvalue weighted by Crippen LogP contribution is 2.16. The topological polar surface area (TPSA) is 133 Å². The van der Waals surface area contributed by atoms with Crippen molar-refractivity contribution in [3.63, 3.8) is 0 Å². The van der Waals surface area contributed by atoms with Gasteiger partial charge in [0, 0.05) is 18.5 Å². The van der Waals surface area contributed by atoms with Crippen molar-refractivity contribution in [2.75, 3.05) is 6.54 Å². The molecule has 0 unspecified atom stereocenters. The zero-order valence-corrected chi connectivity index (χ0v) is 22.3. The zero-order valence-electron chi connectivity index (χ0n) is 21.5. The Morgan fingerprint density at radius 1 is 1.03 bits per heavy atom. The summed E-state index contributed by atoms with van der Waals surface area (Å²) in [5, 5.41) is 21.9. The first-order chi connectivity index (χ1) is 17.4.